The van der Waals surface area contributed by atoms with E-state index >= 15 is 0 Å². The van der Waals surface area contributed by atoms with E-state index in [0.717, 1.165) is 35.3 Å². The lowest BCUT2D eigenvalue weighted by Gasteiger charge is -2.27. The molecular formula is C28H34N2O4. The first-order valence-corrected chi connectivity index (χ1v) is 11.9. The van der Waals surface area contributed by atoms with E-state index in [0.29, 0.717) is 25.3 Å². The molecule has 180 valence electrons. The van der Waals surface area contributed by atoms with Gasteiger partial charge in [-0.3, -0.25) is 9.59 Å². The first kappa shape index (κ1) is 24.0. The molecular weight excluding hydrogens is 428 g/mol. The number of hydrogen-bond donors (Lipinski definition) is 1. The van der Waals surface area contributed by atoms with Gasteiger partial charge in [0.2, 0.25) is 0 Å². The van der Waals surface area contributed by atoms with E-state index in [1.807, 2.05) is 55.4 Å². The molecule has 0 bridgehead atoms. The molecule has 6 nitrogen and oxygen atoms in total. The number of benzene rings is 2. The first-order valence-electron chi connectivity index (χ1n) is 11.9. The van der Waals surface area contributed by atoms with E-state index in [2.05, 4.69) is 20.8 Å². The van der Waals surface area contributed by atoms with Gasteiger partial charge < -0.3 is 19.6 Å². The van der Waals surface area contributed by atoms with Crippen molar-refractivity contribution in [3.8, 4) is 5.75 Å². The number of carbonyl (C=O) groups excluding carboxylic acids is 2. The van der Waals surface area contributed by atoms with Crippen LogP contribution in [0.25, 0.3) is 5.76 Å². The van der Waals surface area contributed by atoms with Crippen LogP contribution in [0.15, 0.2) is 48.0 Å². The van der Waals surface area contributed by atoms with Crippen LogP contribution >= 0.6 is 0 Å². The molecule has 1 atom stereocenters. The maximum atomic E-state index is 13.2. The van der Waals surface area contributed by atoms with Crippen LogP contribution in [0.5, 0.6) is 5.75 Å². The van der Waals surface area contributed by atoms with Crippen molar-refractivity contribution in [2.75, 3.05) is 33.8 Å². The zero-order chi connectivity index (χ0) is 24.6. The molecule has 2 heterocycles. The van der Waals surface area contributed by atoms with Crippen LogP contribution in [0.3, 0.4) is 0 Å². The van der Waals surface area contributed by atoms with Gasteiger partial charge in [0.1, 0.15) is 11.5 Å². The van der Waals surface area contributed by atoms with E-state index in [-0.39, 0.29) is 16.7 Å². The van der Waals surface area contributed by atoms with E-state index < -0.39 is 17.7 Å². The van der Waals surface area contributed by atoms with Crippen molar-refractivity contribution in [1.29, 1.82) is 0 Å². The third-order valence-electron chi connectivity index (χ3n) is 6.60. The van der Waals surface area contributed by atoms with E-state index in [9.17, 15) is 14.7 Å². The minimum atomic E-state index is -0.643. The summed E-state index contributed by atoms with van der Waals surface area (Å²) in [4.78, 5) is 29.9. The van der Waals surface area contributed by atoms with Gasteiger partial charge in [-0.25, -0.2) is 0 Å². The lowest BCUT2D eigenvalue weighted by Crippen LogP contribution is -2.35. The summed E-state index contributed by atoms with van der Waals surface area (Å²) in [5.41, 5.74) is 3.64. The Bertz CT molecular complexity index is 1130. The minimum absolute atomic E-state index is 0.0174. The van der Waals surface area contributed by atoms with Crippen LogP contribution in [-0.4, -0.2) is 60.4 Å². The molecule has 0 spiro atoms. The van der Waals surface area contributed by atoms with Gasteiger partial charge in [0.15, 0.2) is 0 Å². The SMILES string of the molecule is CN(C)CCN1C(=O)C(=O)/C(=C(\O)c2ccc3c(c2)CCCO3)C1c1ccc(C(C)(C)C)cc1. The van der Waals surface area contributed by atoms with Crippen LogP contribution < -0.4 is 4.74 Å². The second-order valence-corrected chi connectivity index (χ2v) is 10.4. The Labute approximate surface area is 201 Å². The Morgan fingerprint density at radius 2 is 1.82 bits per heavy atom. The highest BCUT2D eigenvalue weighted by Gasteiger charge is 2.46. The van der Waals surface area contributed by atoms with Crippen molar-refractivity contribution in [3.05, 3.63) is 70.3 Å². The molecule has 0 aliphatic carbocycles. The smallest absolute Gasteiger partial charge is 0.295 e. The number of hydrogen-bond acceptors (Lipinski definition) is 5. The van der Waals surface area contributed by atoms with Gasteiger partial charge in [-0.2, -0.15) is 0 Å². The highest BCUT2D eigenvalue weighted by atomic mass is 16.5. The number of amides is 1. The molecule has 34 heavy (non-hydrogen) atoms. The zero-order valence-corrected chi connectivity index (χ0v) is 20.7. The lowest BCUT2D eigenvalue weighted by molar-refractivity contribution is -0.140. The highest BCUT2D eigenvalue weighted by molar-refractivity contribution is 6.46. The van der Waals surface area contributed by atoms with E-state index in [1.165, 1.54) is 0 Å². The quantitative estimate of drug-likeness (QED) is 0.408. The number of fused-ring (bicyclic) bond motifs is 1. The van der Waals surface area contributed by atoms with Gasteiger partial charge in [-0.05, 0) is 67.2 Å². The molecule has 1 amide bonds. The van der Waals surface area contributed by atoms with E-state index in [1.54, 1.807) is 11.0 Å². The van der Waals surface area contributed by atoms with Crippen molar-refractivity contribution >= 4 is 17.4 Å². The van der Waals surface area contributed by atoms with Gasteiger partial charge >= 0.3 is 0 Å². The highest BCUT2D eigenvalue weighted by Crippen LogP contribution is 2.40. The van der Waals surface area contributed by atoms with Crippen molar-refractivity contribution in [2.45, 2.75) is 45.1 Å². The van der Waals surface area contributed by atoms with Crippen LogP contribution in [0.2, 0.25) is 0 Å². The number of ether oxygens (including phenoxy) is 1. The molecule has 0 radical (unpaired) electrons. The second kappa shape index (κ2) is 9.26. The minimum Gasteiger partial charge on any atom is -0.507 e. The number of aliphatic hydroxyl groups is 1. The molecule has 2 aromatic rings. The molecule has 1 N–H and O–H groups in total. The Morgan fingerprint density at radius 1 is 1.12 bits per heavy atom. The number of carbonyl (C=O) groups is 2. The maximum absolute atomic E-state index is 13.2. The zero-order valence-electron chi connectivity index (χ0n) is 20.7. The molecule has 0 saturated carbocycles. The fourth-order valence-corrected chi connectivity index (χ4v) is 4.59. The van der Waals surface area contributed by atoms with Crippen LogP contribution in [0, 0.1) is 0 Å². The summed E-state index contributed by atoms with van der Waals surface area (Å²) in [5.74, 6) is -0.544. The molecule has 1 saturated heterocycles. The topological polar surface area (TPSA) is 70.1 Å². The molecule has 0 aromatic heterocycles. The normalized spacial score (nSPS) is 19.9. The maximum Gasteiger partial charge on any atom is 0.295 e. The third-order valence-corrected chi connectivity index (χ3v) is 6.60. The summed E-state index contributed by atoms with van der Waals surface area (Å²) in [7, 11) is 3.86. The number of likely N-dealkylation sites (N-methyl/N-ethyl adjacent to an activating group) is 1. The fourth-order valence-electron chi connectivity index (χ4n) is 4.59. The monoisotopic (exact) mass is 462 g/mol. The number of likely N-dealkylation sites (tertiary alicyclic amines) is 1. The molecule has 4 rings (SSSR count). The van der Waals surface area contributed by atoms with Gasteiger partial charge in [-0.1, -0.05) is 45.0 Å². The van der Waals surface area contributed by atoms with Crippen LogP contribution in [0.4, 0.5) is 0 Å². The fraction of sp³-hybridized carbons (Fsp3) is 0.429. The van der Waals surface area contributed by atoms with Gasteiger partial charge in [0.05, 0.1) is 18.2 Å². The van der Waals surface area contributed by atoms with Crippen LogP contribution in [-0.2, 0) is 21.4 Å². The molecule has 2 aromatic carbocycles. The summed E-state index contributed by atoms with van der Waals surface area (Å²) < 4.78 is 5.69. The van der Waals surface area contributed by atoms with Crippen LogP contribution in [0.1, 0.15) is 55.5 Å². The summed E-state index contributed by atoms with van der Waals surface area (Å²) in [6.45, 7) is 8.11. The number of aryl methyl sites for hydroxylation is 1. The number of aliphatic hydroxyl groups excluding tert-OH is 1. The second-order valence-electron chi connectivity index (χ2n) is 10.4. The predicted octanol–water partition coefficient (Wildman–Crippen LogP) is 4.29. The molecule has 2 aliphatic rings. The average Bonchev–Trinajstić information content (AvgIpc) is 3.06. The van der Waals surface area contributed by atoms with Gasteiger partial charge in [-0.15, -0.1) is 0 Å². The van der Waals surface area contributed by atoms with Gasteiger partial charge in [0.25, 0.3) is 11.7 Å². The standard InChI is InChI=1S/C28H34N2O4/c1-28(2,3)21-11-8-18(9-12-21)24-23(26(32)27(33)30(24)15-14-29(4)5)25(31)20-10-13-22-19(17-20)7-6-16-34-22/h8-13,17,24,31H,6-7,14-16H2,1-5H3/b25-23-. The number of rotatable bonds is 5. The number of nitrogens with zero attached hydrogens (tertiary/aromatic N) is 2. The number of Topliss-reactive ketones (excluding diaryl/α,β-unsaturated/α-hetero) is 1. The van der Waals surface area contributed by atoms with Crippen molar-refractivity contribution in [2.24, 2.45) is 0 Å². The summed E-state index contributed by atoms with van der Waals surface area (Å²) in [6.07, 6.45) is 1.76. The van der Waals surface area contributed by atoms with Crippen molar-refractivity contribution in [1.82, 2.24) is 9.80 Å². The average molecular weight is 463 g/mol. The molecule has 1 fully saturated rings. The molecule has 1 unspecified atom stereocenters. The number of ketones is 1. The Kier molecular flexibility index (Phi) is 6.54. The molecule has 2 aliphatic heterocycles. The Hall–Kier alpha value is -3.12. The summed E-state index contributed by atoms with van der Waals surface area (Å²) >= 11 is 0. The Morgan fingerprint density at radius 3 is 2.47 bits per heavy atom. The van der Waals surface area contributed by atoms with E-state index in [4.69, 9.17) is 4.74 Å². The predicted molar refractivity (Wildman–Crippen MR) is 133 cm³/mol. The molecule has 6 heteroatoms. The largest absolute Gasteiger partial charge is 0.507 e. The van der Waals surface area contributed by atoms with Gasteiger partial charge in [0, 0.05) is 18.7 Å². The van der Waals surface area contributed by atoms with Crippen molar-refractivity contribution in [3.63, 3.8) is 0 Å². The Balaban J connectivity index is 1.81. The summed E-state index contributed by atoms with van der Waals surface area (Å²) in [6, 6.07) is 12.8. The lowest BCUT2D eigenvalue weighted by atomic mass is 9.85. The first-order chi connectivity index (χ1) is 16.1. The summed E-state index contributed by atoms with van der Waals surface area (Å²) in [5, 5.41) is 11.3. The van der Waals surface area contributed by atoms with Crippen molar-refractivity contribution < 1.29 is 19.4 Å². The third kappa shape index (κ3) is 4.60.